The van der Waals surface area contributed by atoms with Gasteiger partial charge in [0.2, 0.25) is 5.91 Å². The zero-order valence-electron chi connectivity index (χ0n) is 15.1. The molecule has 0 bridgehead atoms. The Kier molecular flexibility index (Phi) is 5.32. The predicted molar refractivity (Wildman–Crippen MR) is 101 cm³/mol. The molecule has 0 fully saturated rings. The van der Waals surface area contributed by atoms with E-state index >= 15 is 0 Å². The molecule has 0 unspecified atom stereocenters. The van der Waals surface area contributed by atoms with E-state index in [0.717, 1.165) is 16.9 Å². The minimum Gasteiger partial charge on any atom is -0.495 e. The molecule has 7 nitrogen and oxygen atoms in total. The third-order valence-corrected chi connectivity index (χ3v) is 4.92. The van der Waals surface area contributed by atoms with Gasteiger partial charge in [-0.1, -0.05) is 17.8 Å². The Morgan fingerprint density at radius 2 is 2.12 bits per heavy atom. The molecule has 0 aliphatic rings. The van der Waals surface area contributed by atoms with Crippen molar-refractivity contribution in [3.63, 3.8) is 0 Å². The lowest BCUT2D eigenvalue weighted by Gasteiger charge is -2.10. The van der Waals surface area contributed by atoms with E-state index in [1.807, 2.05) is 49.7 Å². The lowest BCUT2D eigenvalue weighted by molar-refractivity contribution is -0.113. The van der Waals surface area contributed by atoms with Gasteiger partial charge in [-0.2, -0.15) is 0 Å². The summed E-state index contributed by atoms with van der Waals surface area (Å²) >= 11 is 1.32. The summed E-state index contributed by atoms with van der Waals surface area (Å²) in [5, 5.41) is 11.9. The lowest BCUT2D eigenvalue weighted by Crippen LogP contribution is -2.15. The third kappa shape index (κ3) is 3.75. The Morgan fingerprint density at radius 3 is 2.81 bits per heavy atom. The maximum atomic E-state index is 12.3. The topological polar surface area (TPSA) is 82.2 Å². The summed E-state index contributed by atoms with van der Waals surface area (Å²) in [5.74, 6) is 2.20. The highest BCUT2D eigenvalue weighted by molar-refractivity contribution is 7.99. The standard InChI is InChI=1S/C18H20N4O3S/c1-11-5-6-15(24-4)14(9-11)19-16(23)10-26-18-21-20-17(22(18)3)13-7-8-25-12(13)2/h5-9H,10H2,1-4H3,(H,19,23). The van der Waals surface area contributed by atoms with Crippen LogP contribution in [0.2, 0.25) is 0 Å². The summed E-state index contributed by atoms with van der Waals surface area (Å²) in [6.45, 7) is 3.84. The van der Waals surface area contributed by atoms with Crippen LogP contribution in [0.3, 0.4) is 0 Å². The number of benzene rings is 1. The highest BCUT2D eigenvalue weighted by Gasteiger charge is 2.16. The highest BCUT2D eigenvalue weighted by Crippen LogP contribution is 2.27. The Bertz CT molecular complexity index is 932. The van der Waals surface area contributed by atoms with E-state index in [9.17, 15) is 4.79 Å². The molecule has 0 radical (unpaired) electrons. The molecular weight excluding hydrogens is 352 g/mol. The summed E-state index contributed by atoms with van der Waals surface area (Å²) in [5.41, 5.74) is 2.59. The van der Waals surface area contributed by atoms with Crippen molar-refractivity contribution in [3.8, 4) is 17.1 Å². The maximum Gasteiger partial charge on any atom is 0.234 e. The van der Waals surface area contributed by atoms with Gasteiger partial charge in [0, 0.05) is 7.05 Å². The maximum absolute atomic E-state index is 12.3. The predicted octanol–water partition coefficient (Wildman–Crippen LogP) is 3.43. The van der Waals surface area contributed by atoms with Crippen molar-refractivity contribution in [2.75, 3.05) is 18.2 Å². The second kappa shape index (κ2) is 7.65. The van der Waals surface area contributed by atoms with Crippen molar-refractivity contribution in [1.82, 2.24) is 14.8 Å². The van der Waals surface area contributed by atoms with E-state index in [2.05, 4.69) is 15.5 Å². The number of anilines is 1. The fraction of sp³-hybridized carbons (Fsp3) is 0.278. The average molecular weight is 372 g/mol. The van der Waals surface area contributed by atoms with Gasteiger partial charge in [-0.15, -0.1) is 10.2 Å². The first kappa shape index (κ1) is 18.1. The van der Waals surface area contributed by atoms with Crippen molar-refractivity contribution in [1.29, 1.82) is 0 Å². The Morgan fingerprint density at radius 1 is 1.31 bits per heavy atom. The number of hydrogen-bond donors (Lipinski definition) is 1. The van der Waals surface area contributed by atoms with Gasteiger partial charge < -0.3 is 19.0 Å². The summed E-state index contributed by atoms with van der Waals surface area (Å²) in [6, 6.07) is 7.50. The smallest absolute Gasteiger partial charge is 0.234 e. The zero-order chi connectivity index (χ0) is 18.7. The normalized spacial score (nSPS) is 10.8. The van der Waals surface area contributed by atoms with Crippen LogP contribution in [0, 0.1) is 13.8 Å². The van der Waals surface area contributed by atoms with Gasteiger partial charge in [-0.25, -0.2) is 0 Å². The number of amides is 1. The number of nitrogens with one attached hydrogen (secondary N) is 1. The molecule has 136 valence electrons. The number of carbonyl (C=O) groups is 1. The molecule has 0 aliphatic heterocycles. The molecule has 1 N–H and O–H groups in total. The molecule has 3 aromatic rings. The first-order valence-corrected chi connectivity index (χ1v) is 8.99. The van der Waals surface area contributed by atoms with Crippen LogP contribution < -0.4 is 10.1 Å². The van der Waals surface area contributed by atoms with Crippen LogP contribution in [-0.4, -0.2) is 33.5 Å². The van der Waals surface area contributed by atoms with Gasteiger partial charge in [0.05, 0.1) is 30.4 Å². The van der Waals surface area contributed by atoms with E-state index in [1.165, 1.54) is 11.8 Å². The monoisotopic (exact) mass is 372 g/mol. The molecule has 0 saturated carbocycles. The molecule has 2 aromatic heterocycles. The van der Waals surface area contributed by atoms with Crippen molar-refractivity contribution in [3.05, 3.63) is 41.9 Å². The van der Waals surface area contributed by atoms with E-state index in [1.54, 1.807) is 13.4 Å². The van der Waals surface area contributed by atoms with Crippen molar-refractivity contribution < 1.29 is 13.9 Å². The first-order chi connectivity index (χ1) is 12.5. The number of nitrogens with zero attached hydrogens (tertiary/aromatic N) is 3. The van der Waals surface area contributed by atoms with Gasteiger partial charge in [0.25, 0.3) is 0 Å². The van der Waals surface area contributed by atoms with E-state index in [-0.39, 0.29) is 11.7 Å². The van der Waals surface area contributed by atoms with E-state index < -0.39 is 0 Å². The van der Waals surface area contributed by atoms with Crippen LogP contribution in [0.4, 0.5) is 5.69 Å². The van der Waals surface area contributed by atoms with Crippen LogP contribution in [0.1, 0.15) is 11.3 Å². The number of methoxy groups -OCH3 is 1. The van der Waals surface area contributed by atoms with Crippen molar-refractivity contribution in [2.24, 2.45) is 7.05 Å². The summed E-state index contributed by atoms with van der Waals surface area (Å²) in [4.78, 5) is 12.3. The lowest BCUT2D eigenvalue weighted by atomic mass is 10.2. The fourth-order valence-corrected chi connectivity index (χ4v) is 3.24. The fourth-order valence-electron chi connectivity index (χ4n) is 2.53. The summed E-state index contributed by atoms with van der Waals surface area (Å²) in [7, 11) is 3.44. The highest BCUT2D eigenvalue weighted by atomic mass is 32.2. The molecule has 0 atom stereocenters. The van der Waals surface area contributed by atoms with Gasteiger partial charge in [0.15, 0.2) is 11.0 Å². The van der Waals surface area contributed by atoms with Gasteiger partial charge in [-0.05, 0) is 37.6 Å². The minimum atomic E-state index is -0.136. The summed E-state index contributed by atoms with van der Waals surface area (Å²) < 4.78 is 12.4. The van der Waals surface area contributed by atoms with Crippen LogP contribution >= 0.6 is 11.8 Å². The number of rotatable bonds is 6. The van der Waals surface area contributed by atoms with Gasteiger partial charge in [0.1, 0.15) is 11.5 Å². The number of aromatic nitrogens is 3. The Hall–Kier alpha value is -2.74. The number of ether oxygens (including phenoxy) is 1. The van der Waals surface area contributed by atoms with Crippen LogP contribution in [0.25, 0.3) is 11.4 Å². The SMILES string of the molecule is COc1ccc(C)cc1NC(=O)CSc1nnc(-c2ccoc2C)n1C. The number of thioether (sulfide) groups is 1. The minimum absolute atomic E-state index is 0.136. The molecule has 0 spiro atoms. The molecule has 26 heavy (non-hydrogen) atoms. The number of hydrogen-bond acceptors (Lipinski definition) is 6. The van der Waals surface area contributed by atoms with Crippen LogP contribution in [-0.2, 0) is 11.8 Å². The molecule has 3 rings (SSSR count). The van der Waals surface area contributed by atoms with E-state index in [4.69, 9.17) is 9.15 Å². The molecule has 8 heteroatoms. The Balaban J connectivity index is 1.67. The van der Waals surface area contributed by atoms with Crippen LogP contribution in [0.5, 0.6) is 5.75 Å². The molecule has 1 amide bonds. The number of carbonyl (C=O) groups excluding carboxylic acids is 1. The molecular formula is C18H20N4O3S. The van der Waals surface area contributed by atoms with Crippen molar-refractivity contribution in [2.45, 2.75) is 19.0 Å². The molecule has 0 saturated heterocycles. The third-order valence-electron chi connectivity index (χ3n) is 3.90. The molecule has 1 aromatic carbocycles. The van der Waals surface area contributed by atoms with Gasteiger partial charge >= 0.3 is 0 Å². The number of aryl methyl sites for hydroxylation is 2. The number of furan rings is 1. The van der Waals surface area contributed by atoms with Crippen LogP contribution in [0.15, 0.2) is 40.1 Å². The second-order valence-corrected chi connectivity index (χ2v) is 6.74. The quantitative estimate of drug-likeness (QED) is 0.668. The largest absolute Gasteiger partial charge is 0.495 e. The second-order valence-electron chi connectivity index (χ2n) is 5.80. The van der Waals surface area contributed by atoms with E-state index in [0.29, 0.717) is 22.4 Å². The average Bonchev–Trinajstić information content (AvgIpc) is 3.18. The first-order valence-electron chi connectivity index (χ1n) is 8.00. The van der Waals surface area contributed by atoms with Gasteiger partial charge in [-0.3, -0.25) is 4.79 Å². The molecule has 0 aliphatic carbocycles. The molecule has 2 heterocycles. The zero-order valence-corrected chi connectivity index (χ0v) is 15.9. The Labute approximate surface area is 155 Å². The summed E-state index contributed by atoms with van der Waals surface area (Å²) in [6.07, 6.45) is 1.62. The van der Waals surface area contributed by atoms with Crippen molar-refractivity contribution >= 4 is 23.4 Å².